The highest BCUT2D eigenvalue weighted by Crippen LogP contribution is 2.39. The molecule has 0 radical (unpaired) electrons. The van der Waals surface area contributed by atoms with Crippen LogP contribution in [0.1, 0.15) is 24.5 Å². The largest absolute Gasteiger partial charge is 0.497 e. The van der Waals surface area contributed by atoms with Crippen LogP contribution < -0.4 is 4.74 Å². The lowest BCUT2D eigenvalue weighted by Gasteiger charge is -2.09. The summed E-state index contributed by atoms with van der Waals surface area (Å²) in [5.74, 6) is 0.945. The van der Waals surface area contributed by atoms with Crippen molar-refractivity contribution in [2.45, 2.75) is 26.3 Å². The van der Waals surface area contributed by atoms with Crippen molar-refractivity contribution in [2.24, 2.45) is 0 Å². The van der Waals surface area contributed by atoms with Crippen LogP contribution in [0.2, 0.25) is 0 Å². The summed E-state index contributed by atoms with van der Waals surface area (Å²) < 4.78 is 7.68. The van der Waals surface area contributed by atoms with E-state index in [2.05, 4.69) is 42.0 Å². The third kappa shape index (κ3) is 1.55. The van der Waals surface area contributed by atoms with Crippen molar-refractivity contribution in [1.82, 2.24) is 4.57 Å². The van der Waals surface area contributed by atoms with Gasteiger partial charge >= 0.3 is 0 Å². The highest BCUT2D eigenvalue weighted by atomic mass is 16.5. The van der Waals surface area contributed by atoms with Crippen molar-refractivity contribution in [3.63, 3.8) is 0 Å². The molecule has 0 spiro atoms. The number of fused-ring (bicyclic) bond motifs is 3. The molecule has 1 aromatic carbocycles. The van der Waals surface area contributed by atoms with Crippen LogP contribution in [-0.4, -0.2) is 11.7 Å². The SMILES string of the molecule is CCCn1ccc2c1-c1cc(OC)ccc1C2. The van der Waals surface area contributed by atoms with Gasteiger partial charge in [-0.05, 0) is 35.7 Å². The maximum absolute atomic E-state index is 5.32. The molecule has 0 saturated heterocycles. The molecule has 1 heterocycles. The summed E-state index contributed by atoms with van der Waals surface area (Å²) in [7, 11) is 1.72. The minimum atomic E-state index is 0.945. The molecular formula is C15H17NO. The number of aryl methyl sites for hydroxylation is 1. The van der Waals surface area contributed by atoms with Crippen molar-refractivity contribution >= 4 is 0 Å². The minimum Gasteiger partial charge on any atom is -0.497 e. The van der Waals surface area contributed by atoms with Gasteiger partial charge in [-0.25, -0.2) is 0 Å². The maximum atomic E-state index is 5.32. The number of hydrogen-bond acceptors (Lipinski definition) is 1. The van der Waals surface area contributed by atoms with Crippen molar-refractivity contribution < 1.29 is 4.74 Å². The molecule has 3 rings (SSSR count). The molecule has 1 aliphatic rings. The third-order valence-corrected chi connectivity index (χ3v) is 3.46. The topological polar surface area (TPSA) is 14.2 Å². The molecule has 0 unspecified atom stereocenters. The molecule has 2 heteroatoms. The summed E-state index contributed by atoms with van der Waals surface area (Å²) in [6.45, 7) is 3.31. The van der Waals surface area contributed by atoms with E-state index < -0.39 is 0 Å². The Labute approximate surface area is 102 Å². The fourth-order valence-corrected chi connectivity index (χ4v) is 2.68. The van der Waals surface area contributed by atoms with E-state index in [1.165, 1.54) is 28.8 Å². The highest BCUT2D eigenvalue weighted by molar-refractivity contribution is 5.75. The predicted octanol–water partition coefficient (Wildman–Crippen LogP) is 3.48. The molecule has 1 aliphatic carbocycles. The van der Waals surface area contributed by atoms with Crippen LogP contribution in [0.5, 0.6) is 5.75 Å². The van der Waals surface area contributed by atoms with Crippen LogP contribution in [0.4, 0.5) is 0 Å². The summed E-state index contributed by atoms with van der Waals surface area (Å²) in [5, 5.41) is 0. The molecule has 0 bridgehead atoms. The van der Waals surface area contributed by atoms with Gasteiger partial charge in [-0.2, -0.15) is 0 Å². The van der Waals surface area contributed by atoms with Gasteiger partial charge in [0.2, 0.25) is 0 Å². The number of hydrogen-bond donors (Lipinski definition) is 0. The van der Waals surface area contributed by atoms with E-state index in [1.807, 2.05) is 0 Å². The van der Waals surface area contributed by atoms with Crippen LogP contribution in [0, 0.1) is 0 Å². The van der Waals surface area contributed by atoms with Crippen molar-refractivity contribution in [3.8, 4) is 17.0 Å². The van der Waals surface area contributed by atoms with Crippen LogP contribution in [0.15, 0.2) is 30.5 Å². The van der Waals surface area contributed by atoms with E-state index in [4.69, 9.17) is 4.74 Å². The minimum absolute atomic E-state index is 0.945. The third-order valence-electron chi connectivity index (χ3n) is 3.46. The van der Waals surface area contributed by atoms with Crippen molar-refractivity contribution in [2.75, 3.05) is 7.11 Å². The lowest BCUT2D eigenvalue weighted by Crippen LogP contribution is -1.97. The molecule has 0 aliphatic heterocycles. The molecule has 2 aromatic rings. The van der Waals surface area contributed by atoms with Crippen molar-refractivity contribution in [1.29, 1.82) is 0 Å². The standard InChI is InChI=1S/C15H17NO/c1-3-7-16-8-6-12-9-11-4-5-13(17-2)10-14(11)15(12)16/h4-6,8,10H,3,7,9H2,1-2H3. The monoisotopic (exact) mass is 227 g/mol. The molecule has 0 amide bonds. The highest BCUT2D eigenvalue weighted by Gasteiger charge is 2.22. The average molecular weight is 227 g/mol. The van der Waals surface area contributed by atoms with E-state index in [0.717, 1.165) is 18.7 Å². The van der Waals surface area contributed by atoms with Gasteiger partial charge in [-0.3, -0.25) is 0 Å². The number of methoxy groups -OCH3 is 1. The van der Waals surface area contributed by atoms with E-state index in [1.54, 1.807) is 7.11 Å². The second-order valence-electron chi connectivity index (χ2n) is 4.58. The van der Waals surface area contributed by atoms with E-state index in [-0.39, 0.29) is 0 Å². The molecule has 1 aromatic heterocycles. The number of nitrogens with zero attached hydrogens (tertiary/aromatic N) is 1. The molecule has 0 atom stereocenters. The number of benzene rings is 1. The van der Waals surface area contributed by atoms with Crippen LogP contribution in [0.25, 0.3) is 11.3 Å². The van der Waals surface area contributed by atoms with Gasteiger partial charge in [0.05, 0.1) is 12.8 Å². The molecule has 0 N–H and O–H groups in total. The van der Waals surface area contributed by atoms with E-state index >= 15 is 0 Å². The van der Waals surface area contributed by atoms with E-state index in [0.29, 0.717) is 0 Å². The fraction of sp³-hybridized carbons (Fsp3) is 0.333. The molecular weight excluding hydrogens is 210 g/mol. The number of ether oxygens (including phenoxy) is 1. The van der Waals surface area contributed by atoms with E-state index in [9.17, 15) is 0 Å². The van der Waals surface area contributed by atoms with Gasteiger partial charge in [0.1, 0.15) is 5.75 Å². The zero-order valence-corrected chi connectivity index (χ0v) is 10.4. The second kappa shape index (κ2) is 3.95. The van der Waals surface area contributed by atoms with Crippen LogP contribution in [-0.2, 0) is 13.0 Å². The van der Waals surface area contributed by atoms with Gasteiger partial charge in [0, 0.05) is 24.7 Å². The second-order valence-corrected chi connectivity index (χ2v) is 4.58. The summed E-state index contributed by atoms with van der Waals surface area (Å²) in [6, 6.07) is 8.64. The summed E-state index contributed by atoms with van der Waals surface area (Å²) in [5.41, 5.74) is 5.60. The molecule has 0 saturated carbocycles. The number of aromatic nitrogens is 1. The Morgan fingerprint density at radius 3 is 2.88 bits per heavy atom. The quantitative estimate of drug-likeness (QED) is 0.668. The molecule has 0 fully saturated rings. The van der Waals surface area contributed by atoms with Crippen LogP contribution >= 0.6 is 0 Å². The van der Waals surface area contributed by atoms with Gasteiger partial charge in [0.15, 0.2) is 0 Å². The Bertz CT molecular complexity index is 554. The lowest BCUT2D eigenvalue weighted by atomic mass is 10.1. The zero-order valence-electron chi connectivity index (χ0n) is 10.4. The zero-order chi connectivity index (χ0) is 11.8. The van der Waals surface area contributed by atoms with Crippen LogP contribution in [0.3, 0.4) is 0 Å². The molecule has 17 heavy (non-hydrogen) atoms. The first-order valence-electron chi connectivity index (χ1n) is 6.18. The Morgan fingerprint density at radius 1 is 1.24 bits per heavy atom. The first-order chi connectivity index (χ1) is 8.33. The normalized spacial score (nSPS) is 12.4. The van der Waals surface area contributed by atoms with Gasteiger partial charge < -0.3 is 9.30 Å². The Morgan fingerprint density at radius 2 is 2.12 bits per heavy atom. The lowest BCUT2D eigenvalue weighted by molar-refractivity contribution is 0.415. The summed E-state index contributed by atoms with van der Waals surface area (Å²) in [4.78, 5) is 0. The Kier molecular flexibility index (Phi) is 2.43. The van der Waals surface area contributed by atoms with Gasteiger partial charge in [0.25, 0.3) is 0 Å². The van der Waals surface area contributed by atoms with Gasteiger partial charge in [-0.15, -0.1) is 0 Å². The Balaban J connectivity index is 2.13. The smallest absolute Gasteiger partial charge is 0.119 e. The van der Waals surface area contributed by atoms with Crippen molar-refractivity contribution in [3.05, 3.63) is 41.6 Å². The number of rotatable bonds is 3. The molecule has 2 nitrogen and oxygen atoms in total. The Hall–Kier alpha value is -1.70. The summed E-state index contributed by atoms with van der Waals surface area (Å²) >= 11 is 0. The first-order valence-corrected chi connectivity index (χ1v) is 6.18. The molecule has 88 valence electrons. The summed E-state index contributed by atoms with van der Waals surface area (Å²) in [6.07, 6.45) is 4.43. The van der Waals surface area contributed by atoms with Gasteiger partial charge in [-0.1, -0.05) is 13.0 Å². The predicted molar refractivity (Wildman–Crippen MR) is 69.5 cm³/mol. The fourth-order valence-electron chi connectivity index (χ4n) is 2.68. The first kappa shape index (κ1) is 10.5. The average Bonchev–Trinajstić information content (AvgIpc) is 2.89. The maximum Gasteiger partial charge on any atom is 0.119 e.